The number of nitrogens with two attached hydrogens (primary N) is 1. The molecule has 0 saturated carbocycles. The van der Waals surface area contributed by atoms with Crippen LogP contribution in [0.2, 0.25) is 0 Å². The SMILES string of the molecule is Cc1ccc(C(C)C)c(OC(C)C(=O)Nc2ccc(OCCN)cc2)c1. The largest absolute Gasteiger partial charge is 0.492 e. The van der Waals surface area contributed by atoms with Crippen LogP contribution in [0.5, 0.6) is 11.5 Å². The number of anilines is 1. The van der Waals surface area contributed by atoms with Crippen LogP contribution in [0.15, 0.2) is 42.5 Å². The molecule has 1 atom stereocenters. The lowest BCUT2D eigenvalue weighted by atomic mass is 10.0. The lowest BCUT2D eigenvalue weighted by molar-refractivity contribution is -0.122. The summed E-state index contributed by atoms with van der Waals surface area (Å²) in [6, 6.07) is 13.3. The average Bonchev–Trinajstić information content (AvgIpc) is 2.60. The van der Waals surface area contributed by atoms with E-state index >= 15 is 0 Å². The molecule has 1 amide bonds. The number of amides is 1. The van der Waals surface area contributed by atoms with Gasteiger partial charge in [0.25, 0.3) is 5.91 Å². The summed E-state index contributed by atoms with van der Waals surface area (Å²) in [6.45, 7) is 8.90. The monoisotopic (exact) mass is 356 g/mol. The van der Waals surface area contributed by atoms with Crippen molar-refractivity contribution in [2.45, 2.75) is 39.7 Å². The van der Waals surface area contributed by atoms with Gasteiger partial charge in [-0.15, -0.1) is 0 Å². The van der Waals surface area contributed by atoms with Gasteiger partial charge in [0.1, 0.15) is 18.1 Å². The summed E-state index contributed by atoms with van der Waals surface area (Å²) in [6.07, 6.45) is -0.609. The summed E-state index contributed by atoms with van der Waals surface area (Å²) in [5, 5.41) is 2.86. The third kappa shape index (κ3) is 5.49. The van der Waals surface area contributed by atoms with Crippen LogP contribution in [0.3, 0.4) is 0 Å². The lowest BCUT2D eigenvalue weighted by Crippen LogP contribution is -2.30. The molecule has 0 heterocycles. The summed E-state index contributed by atoms with van der Waals surface area (Å²) >= 11 is 0. The van der Waals surface area contributed by atoms with E-state index in [0.29, 0.717) is 24.8 Å². The Morgan fingerprint density at radius 2 is 1.81 bits per heavy atom. The maximum Gasteiger partial charge on any atom is 0.265 e. The first-order valence-corrected chi connectivity index (χ1v) is 8.91. The summed E-state index contributed by atoms with van der Waals surface area (Å²) in [5.41, 5.74) is 8.30. The molecule has 5 nitrogen and oxygen atoms in total. The van der Waals surface area contributed by atoms with Crippen LogP contribution in [-0.2, 0) is 4.79 Å². The molecule has 2 rings (SSSR count). The lowest BCUT2D eigenvalue weighted by Gasteiger charge is -2.19. The van der Waals surface area contributed by atoms with E-state index in [2.05, 4.69) is 31.3 Å². The molecule has 5 heteroatoms. The Bertz CT molecular complexity index is 727. The van der Waals surface area contributed by atoms with Crippen LogP contribution in [-0.4, -0.2) is 25.2 Å². The standard InChI is InChI=1S/C21H28N2O3/c1-14(2)19-10-5-15(3)13-20(19)26-16(4)21(24)23-17-6-8-18(9-7-17)25-12-11-22/h5-10,13-14,16H,11-12,22H2,1-4H3,(H,23,24). The topological polar surface area (TPSA) is 73.6 Å². The van der Waals surface area contributed by atoms with Crippen molar-refractivity contribution in [3.63, 3.8) is 0 Å². The number of rotatable bonds is 8. The van der Waals surface area contributed by atoms with E-state index in [1.54, 1.807) is 31.2 Å². The Morgan fingerprint density at radius 3 is 2.42 bits per heavy atom. The summed E-state index contributed by atoms with van der Waals surface area (Å²) in [7, 11) is 0. The van der Waals surface area contributed by atoms with E-state index in [1.807, 2.05) is 13.0 Å². The molecule has 0 bridgehead atoms. The molecule has 3 N–H and O–H groups in total. The normalized spacial score (nSPS) is 11.9. The number of carbonyl (C=O) groups is 1. The molecule has 2 aromatic rings. The Balaban J connectivity index is 2.01. The van der Waals surface area contributed by atoms with Crippen molar-refractivity contribution >= 4 is 11.6 Å². The third-order valence-electron chi connectivity index (χ3n) is 3.97. The second-order valence-corrected chi connectivity index (χ2v) is 6.61. The van der Waals surface area contributed by atoms with Crippen molar-refractivity contribution in [1.29, 1.82) is 0 Å². The first-order chi connectivity index (χ1) is 12.4. The smallest absolute Gasteiger partial charge is 0.265 e. The quantitative estimate of drug-likeness (QED) is 0.753. The zero-order chi connectivity index (χ0) is 19.1. The predicted molar refractivity (Wildman–Crippen MR) is 105 cm³/mol. The molecule has 0 radical (unpaired) electrons. The minimum atomic E-state index is -0.609. The number of hydrogen-bond donors (Lipinski definition) is 2. The fraction of sp³-hybridized carbons (Fsp3) is 0.381. The van der Waals surface area contributed by atoms with Crippen molar-refractivity contribution in [2.75, 3.05) is 18.5 Å². The summed E-state index contributed by atoms with van der Waals surface area (Å²) < 4.78 is 11.4. The number of aryl methyl sites for hydroxylation is 1. The molecule has 2 aromatic carbocycles. The highest BCUT2D eigenvalue weighted by molar-refractivity contribution is 5.94. The van der Waals surface area contributed by atoms with E-state index in [9.17, 15) is 4.79 Å². The molecular formula is C21H28N2O3. The van der Waals surface area contributed by atoms with Gasteiger partial charge in [-0.05, 0) is 61.2 Å². The van der Waals surface area contributed by atoms with Crippen LogP contribution >= 0.6 is 0 Å². The molecule has 0 saturated heterocycles. The van der Waals surface area contributed by atoms with Crippen LogP contribution in [0.4, 0.5) is 5.69 Å². The molecule has 1 unspecified atom stereocenters. The first-order valence-electron chi connectivity index (χ1n) is 8.91. The van der Waals surface area contributed by atoms with Crippen LogP contribution in [0.1, 0.15) is 37.8 Å². The van der Waals surface area contributed by atoms with E-state index in [4.69, 9.17) is 15.2 Å². The Morgan fingerprint density at radius 1 is 1.12 bits per heavy atom. The van der Waals surface area contributed by atoms with Crippen molar-refractivity contribution in [2.24, 2.45) is 5.73 Å². The van der Waals surface area contributed by atoms with Crippen molar-refractivity contribution in [1.82, 2.24) is 0 Å². The van der Waals surface area contributed by atoms with Crippen LogP contribution < -0.4 is 20.5 Å². The summed E-state index contributed by atoms with van der Waals surface area (Å²) in [5.74, 6) is 1.60. The van der Waals surface area contributed by atoms with Crippen LogP contribution in [0.25, 0.3) is 0 Å². The van der Waals surface area contributed by atoms with Gasteiger partial charge in [0.2, 0.25) is 0 Å². The highest BCUT2D eigenvalue weighted by Crippen LogP contribution is 2.28. The predicted octanol–water partition coefficient (Wildman–Crippen LogP) is 3.86. The van der Waals surface area contributed by atoms with Gasteiger partial charge in [0, 0.05) is 12.2 Å². The number of nitrogens with one attached hydrogen (secondary N) is 1. The number of ether oxygens (including phenoxy) is 2. The van der Waals surface area contributed by atoms with Crippen molar-refractivity contribution in [3.8, 4) is 11.5 Å². The Kier molecular flexibility index (Phi) is 7.04. The Labute approximate surface area is 155 Å². The average molecular weight is 356 g/mol. The summed E-state index contributed by atoms with van der Waals surface area (Å²) in [4.78, 5) is 12.5. The van der Waals surface area contributed by atoms with E-state index in [0.717, 1.165) is 22.6 Å². The zero-order valence-corrected chi connectivity index (χ0v) is 15.9. The van der Waals surface area contributed by atoms with E-state index in [1.165, 1.54) is 0 Å². The number of carbonyl (C=O) groups excluding carboxylic acids is 1. The van der Waals surface area contributed by atoms with Gasteiger partial charge in [-0.3, -0.25) is 4.79 Å². The highest BCUT2D eigenvalue weighted by atomic mass is 16.5. The zero-order valence-electron chi connectivity index (χ0n) is 15.9. The molecule has 140 valence electrons. The van der Waals surface area contributed by atoms with Gasteiger partial charge in [-0.1, -0.05) is 26.0 Å². The van der Waals surface area contributed by atoms with Crippen molar-refractivity contribution in [3.05, 3.63) is 53.6 Å². The molecule has 0 spiro atoms. The molecule has 0 fully saturated rings. The van der Waals surface area contributed by atoms with Gasteiger partial charge in [-0.2, -0.15) is 0 Å². The minimum Gasteiger partial charge on any atom is -0.492 e. The minimum absolute atomic E-state index is 0.197. The fourth-order valence-corrected chi connectivity index (χ4v) is 2.52. The molecule has 0 aliphatic heterocycles. The van der Waals surface area contributed by atoms with E-state index in [-0.39, 0.29) is 5.91 Å². The van der Waals surface area contributed by atoms with Gasteiger partial charge in [-0.25, -0.2) is 0 Å². The number of hydrogen-bond acceptors (Lipinski definition) is 4. The molecule has 26 heavy (non-hydrogen) atoms. The first kappa shape index (κ1) is 19.8. The van der Waals surface area contributed by atoms with Crippen molar-refractivity contribution < 1.29 is 14.3 Å². The molecule has 0 aliphatic rings. The highest BCUT2D eigenvalue weighted by Gasteiger charge is 2.18. The van der Waals surface area contributed by atoms with Crippen LogP contribution in [0, 0.1) is 6.92 Å². The van der Waals surface area contributed by atoms with Gasteiger partial charge < -0.3 is 20.5 Å². The maximum absolute atomic E-state index is 12.5. The van der Waals surface area contributed by atoms with E-state index < -0.39 is 6.10 Å². The number of benzene rings is 2. The third-order valence-corrected chi connectivity index (χ3v) is 3.97. The van der Waals surface area contributed by atoms with Gasteiger partial charge >= 0.3 is 0 Å². The molecule has 0 aromatic heterocycles. The second kappa shape index (κ2) is 9.25. The maximum atomic E-state index is 12.5. The van der Waals surface area contributed by atoms with Gasteiger partial charge in [0.05, 0.1) is 0 Å². The Hall–Kier alpha value is -2.53. The molecule has 0 aliphatic carbocycles. The molecular weight excluding hydrogens is 328 g/mol. The fourth-order valence-electron chi connectivity index (χ4n) is 2.52. The second-order valence-electron chi connectivity index (χ2n) is 6.61. The van der Waals surface area contributed by atoms with Gasteiger partial charge in [0.15, 0.2) is 6.10 Å².